The molecule has 0 atom stereocenters. The lowest BCUT2D eigenvalue weighted by Crippen LogP contribution is -1.98. The maximum Gasteiger partial charge on any atom is 0.123 e. The number of hydrogen-bond donors (Lipinski definition) is 0. The van der Waals surface area contributed by atoms with E-state index in [9.17, 15) is 4.39 Å². The van der Waals surface area contributed by atoms with E-state index in [-0.39, 0.29) is 6.61 Å². The Kier molecular flexibility index (Phi) is 3.88. The predicted molar refractivity (Wildman–Crippen MR) is 47.5 cm³/mol. The summed E-state index contributed by atoms with van der Waals surface area (Å²) in [6, 6.07) is 7.33. The Balaban J connectivity index is 2.60. The van der Waals surface area contributed by atoms with E-state index in [1.54, 1.807) is 6.07 Å². The average Bonchev–Trinajstić information content (AvgIpc) is 2.15. The Morgan fingerprint density at radius 2 is 2.25 bits per heavy atom. The van der Waals surface area contributed by atoms with Gasteiger partial charge in [0, 0.05) is 5.88 Å². The maximum absolute atomic E-state index is 11.7. The molecule has 0 aliphatic rings. The maximum atomic E-state index is 11.7. The Hall–Kier alpha value is -0.760. The summed E-state index contributed by atoms with van der Waals surface area (Å²) >= 11 is 5.60. The van der Waals surface area contributed by atoms with Crippen molar-refractivity contribution in [3.8, 4) is 5.75 Å². The van der Waals surface area contributed by atoms with Crippen LogP contribution in [0, 0.1) is 0 Å². The van der Waals surface area contributed by atoms with Crippen LogP contribution in [0.2, 0.25) is 0 Å². The molecule has 0 heterocycles. The van der Waals surface area contributed by atoms with E-state index >= 15 is 0 Å². The zero-order valence-corrected chi connectivity index (χ0v) is 7.35. The second-order valence-electron chi connectivity index (χ2n) is 2.32. The van der Waals surface area contributed by atoms with Crippen molar-refractivity contribution in [1.29, 1.82) is 0 Å². The van der Waals surface area contributed by atoms with Crippen molar-refractivity contribution < 1.29 is 9.13 Å². The molecule has 0 fully saturated rings. The standard InChI is InChI=1S/C9H10ClFO/c10-7-8-2-1-3-9(6-8)12-5-4-11/h1-3,6H,4-5,7H2. The monoisotopic (exact) mass is 188 g/mol. The molecule has 1 aromatic carbocycles. The zero-order valence-electron chi connectivity index (χ0n) is 6.59. The van der Waals surface area contributed by atoms with Crippen molar-refractivity contribution in [2.45, 2.75) is 5.88 Å². The second kappa shape index (κ2) is 4.99. The minimum atomic E-state index is -0.467. The highest BCUT2D eigenvalue weighted by Crippen LogP contribution is 2.14. The Morgan fingerprint density at radius 1 is 1.42 bits per heavy atom. The molecule has 0 radical (unpaired) electrons. The molecule has 0 aliphatic heterocycles. The van der Waals surface area contributed by atoms with Crippen molar-refractivity contribution in [3.05, 3.63) is 29.8 Å². The molecule has 0 amide bonds. The van der Waals surface area contributed by atoms with Crippen LogP contribution in [0.4, 0.5) is 4.39 Å². The summed E-state index contributed by atoms with van der Waals surface area (Å²) in [4.78, 5) is 0. The summed E-state index contributed by atoms with van der Waals surface area (Å²) in [7, 11) is 0. The first kappa shape index (κ1) is 9.33. The van der Waals surface area contributed by atoms with Gasteiger partial charge >= 0.3 is 0 Å². The molecular weight excluding hydrogens is 179 g/mol. The molecule has 3 heteroatoms. The lowest BCUT2D eigenvalue weighted by Gasteiger charge is -2.03. The van der Waals surface area contributed by atoms with Gasteiger partial charge in [0.05, 0.1) is 0 Å². The van der Waals surface area contributed by atoms with Gasteiger partial charge < -0.3 is 4.74 Å². The molecule has 1 aromatic rings. The molecular formula is C9H10ClFO. The molecule has 1 nitrogen and oxygen atoms in total. The van der Waals surface area contributed by atoms with Crippen LogP contribution < -0.4 is 4.74 Å². The van der Waals surface area contributed by atoms with Gasteiger partial charge in [-0.25, -0.2) is 4.39 Å². The highest BCUT2D eigenvalue weighted by atomic mass is 35.5. The van der Waals surface area contributed by atoms with E-state index in [4.69, 9.17) is 16.3 Å². The number of alkyl halides is 2. The Morgan fingerprint density at radius 3 is 2.92 bits per heavy atom. The third kappa shape index (κ3) is 2.70. The zero-order chi connectivity index (χ0) is 8.81. The average molecular weight is 189 g/mol. The Bertz CT molecular complexity index is 240. The van der Waals surface area contributed by atoms with Crippen LogP contribution in [0.15, 0.2) is 24.3 Å². The van der Waals surface area contributed by atoms with Crippen molar-refractivity contribution in [2.24, 2.45) is 0 Å². The van der Waals surface area contributed by atoms with E-state index in [0.717, 1.165) is 5.56 Å². The molecule has 0 bridgehead atoms. The van der Waals surface area contributed by atoms with Gasteiger partial charge in [-0.3, -0.25) is 0 Å². The lowest BCUT2D eigenvalue weighted by atomic mass is 10.2. The molecule has 0 aromatic heterocycles. The van der Waals surface area contributed by atoms with E-state index in [0.29, 0.717) is 11.6 Å². The molecule has 0 saturated heterocycles. The summed E-state index contributed by atoms with van der Waals surface area (Å²) in [5, 5.41) is 0. The summed E-state index contributed by atoms with van der Waals surface area (Å²) in [6.45, 7) is -0.364. The third-order valence-corrected chi connectivity index (χ3v) is 1.71. The van der Waals surface area contributed by atoms with Crippen LogP contribution in [0.3, 0.4) is 0 Å². The minimum Gasteiger partial charge on any atom is -0.491 e. The first-order chi connectivity index (χ1) is 5.86. The number of ether oxygens (including phenoxy) is 1. The van der Waals surface area contributed by atoms with Gasteiger partial charge in [-0.05, 0) is 17.7 Å². The molecule has 66 valence electrons. The third-order valence-electron chi connectivity index (χ3n) is 1.40. The van der Waals surface area contributed by atoms with Crippen molar-refractivity contribution >= 4 is 11.6 Å². The van der Waals surface area contributed by atoms with Crippen LogP contribution in [0.25, 0.3) is 0 Å². The minimum absolute atomic E-state index is 0.103. The number of benzene rings is 1. The topological polar surface area (TPSA) is 9.23 Å². The van der Waals surface area contributed by atoms with E-state index in [2.05, 4.69) is 0 Å². The van der Waals surface area contributed by atoms with Gasteiger partial charge in [-0.15, -0.1) is 11.6 Å². The van der Waals surface area contributed by atoms with Crippen LogP contribution in [-0.4, -0.2) is 13.3 Å². The quantitative estimate of drug-likeness (QED) is 0.661. The smallest absolute Gasteiger partial charge is 0.123 e. The molecule has 0 unspecified atom stereocenters. The Labute approximate surface area is 76.1 Å². The fraction of sp³-hybridized carbons (Fsp3) is 0.333. The highest BCUT2D eigenvalue weighted by molar-refractivity contribution is 6.17. The van der Waals surface area contributed by atoms with E-state index in [1.807, 2.05) is 18.2 Å². The second-order valence-corrected chi connectivity index (χ2v) is 2.59. The fourth-order valence-corrected chi connectivity index (χ4v) is 1.04. The molecule has 0 N–H and O–H groups in total. The van der Waals surface area contributed by atoms with Gasteiger partial charge in [0.1, 0.15) is 19.0 Å². The van der Waals surface area contributed by atoms with Crippen LogP contribution in [0.1, 0.15) is 5.56 Å². The van der Waals surface area contributed by atoms with Crippen LogP contribution in [0.5, 0.6) is 5.75 Å². The van der Waals surface area contributed by atoms with Crippen LogP contribution >= 0.6 is 11.6 Å². The normalized spacial score (nSPS) is 9.83. The molecule has 0 saturated carbocycles. The molecule has 12 heavy (non-hydrogen) atoms. The van der Waals surface area contributed by atoms with Crippen molar-refractivity contribution in [3.63, 3.8) is 0 Å². The molecule has 0 spiro atoms. The SMILES string of the molecule is FCCOc1cccc(CCl)c1. The number of hydrogen-bond acceptors (Lipinski definition) is 1. The van der Waals surface area contributed by atoms with Gasteiger partial charge in [-0.2, -0.15) is 0 Å². The number of halogens is 2. The van der Waals surface area contributed by atoms with E-state index < -0.39 is 6.67 Å². The van der Waals surface area contributed by atoms with E-state index in [1.165, 1.54) is 0 Å². The van der Waals surface area contributed by atoms with Gasteiger partial charge in [0.25, 0.3) is 0 Å². The van der Waals surface area contributed by atoms with Gasteiger partial charge in [0.2, 0.25) is 0 Å². The molecule has 1 rings (SSSR count). The predicted octanol–water partition coefficient (Wildman–Crippen LogP) is 2.77. The van der Waals surface area contributed by atoms with Crippen molar-refractivity contribution in [2.75, 3.05) is 13.3 Å². The first-order valence-corrected chi connectivity index (χ1v) is 4.24. The summed E-state index contributed by atoms with van der Waals surface area (Å²) in [5.41, 5.74) is 0.980. The van der Waals surface area contributed by atoms with Gasteiger partial charge in [0.15, 0.2) is 0 Å². The summed E-state index contributed by atoms with van der Waals surface area (Å²) in [5.74, 6) is 1.12. The van der Waals surface area contributed by atoms with Crippen molar-refractivity contribution in [1.82, 2.24) is 0 Å². The first-order valence-electron chi connectivity index (χ1n) is 3.70. The highest BCUT2D eigenvalue weighted by Gasteiger charge is 1.94. The lowest BCUT2D eigenvalue weighted by molar-refractivity contribution is 0.273. The van der Waals surface area contributed by atoms with Crippen LogP contribution in [-0.2, 0) is 5.88 Å². The van der Waals surface area contributed by atoms with Gasteiger partial charge in [-0.1, -0.05) is 12.1 Å². The number of rotatable bonds is 4. The largest absolute Gasteiger partial charge is 0.491 e. The summed E-state index contributed by atoms with van der Waals surface area (Å²) < 4.78 is 16.8. The fourth-order valence-electron chi connectivity index (χ4n) is 0.875. The summed E-state index contributed by atoms with van der Waals surface area (Å²) in [6.07, 6.45) is 0. The molecule has 0 aliphatic carbocycles.